The van der Waals surface area contributed by atoms with Crippen molar-refractivity contribution < 1.29 is 50.8 Å². The van der Waals surface area contributed by atoms with Gasteiger partial charge in [-0.25, -0.2) is 18.4 Å². The molecule has 0 heterocycles. The maximum Gasteiger partial charge on any atom is 0.419 e. The SMILES string of the molecule is CC(=O)O[C@H](C(=O)CCC(C)(C)CCC(=O)CC(Cc1cc(F)ccc1F)NC(=O)OBr)[C@@H](COCc1ccccc1)NC(=O)OC(C)(C)C. The lowest BCUT2D eigenvalue weighted by molar-refractivity contribution is -0.156. The van der Waals surface area contributed by atoms with Crippen LogP contribution >= 0.6 is 16.3 Å². The summed E-state index contributed by atoms with van der Waals surface area (Å²) < 4.78 is 49.1. The average Bonchev–Trinajstić information content (AvgIpc) is 3.02. The Kier molecular flexibility index (Phi) is 17.0. The van der Waals surface area contributed by atoms with Crippen LogP contribution in [0.3, 0.4) is 0 Å². The van der Waals surface area contributed by atoms with Crippen molar-refractivity contribution in [2.45, 2.75) is 110 Å². The largest absolute Gasteiger partial charge is 0.452 e. The molecule has 2 amide bonds. The summed E-state index contributed by atoms with van der Waals surface area (Å²) in [6.07, 6.45) is -2.76. The zero-order valence-corrected chi connectivity index (χ0v) is 30.9. The number of Topliss-reactive ketones (excluding diaryl/α,β-unsaturated/α-hetero) is 2. The molecule has 0 bridgehead atoms. The zero-order chi connectivity index (χ0) is 37.5. The molecule has 2 aromatic rings. The van der Waals surface area contributed by atoms with E-state index in [4.69, 9.17) is 14.2 Å². The van der Waals surface area contributed by atoms with Crippen LogP contribution in [-0.4, -0.2) is 60.1 Å². The number of nitrogens with one attached hydrogen (secondary N) is 2. The van der Waals surface area contributed by atoms with E-state index in [0.717, 1.165) is 30.7 Å². The summed E-state index contributed by atoms with van der Waals surface area (Å²) in [5, 5.41) is 5.09. The van der Waals surface area contributed by atoms with Crippen molar-refractivity contribution in [3.05, 3.63) is 71.3 Å². The van der Waals surface area contributed by atoms with Gasteiger partial charge < -0.3 is 28.7 Å². The number of halogens is 3. The van der Waals surface area contributed by atoms with Gasteiger partial charge >= 0.3 is 18.2 Å². The first-order chi connectivity index (χ1) is 23.4. The predicted molar refractivity (Wildman–Crippen MR) is 184 cm³/mol. The standard InChI is InChI=1S/C36H47BrF2N2O9/c1-23(42)48-32(30(41-33(45)49-35(2,3)4)22-47-21-24-10-8-7-9-11-24)31(44)15-17-36(5,6)16-14-28(43)20-27(40-34(46)50-37)19-25-18-26(38)12-13-29(25)39/h7-13,18,27,30,32H,14-17,19-22H2,1-6H3,(H,40,46)(H,41,45)/t27?,30-,32+/m1/s1. The van der Waals surface area contributed by atoms with Crippen LogP contribution in [0.15, 0.2) is 48.5 Å². The summed E-state index contributed by atoms with van der Waals surface area (Å²) in [4.78, 5) is 63.3. The number of esters is 1. The summed E-state index contributed by atoms with van der Waals surface area (Å²) in [6, 6.07) is 10.3. The van der Waals surface area contributed by atoms with Gasteiger partial charge in [0.15, 0.2) is 28.1 Å². The van der Waals surface area contributed by atoms with Gasteiger partial charge in [0.25, 0.3) is 0 Å². The number of amides is 2. The number of rotatable bonds is 19. The smallest absolute Gasteiger partial charge is 0.419 e. The number of ether oxygens (including phenoxy) is 3. The van der Waals surface area contributed by atoms with Crippen molar-refractivity contribution in [3.63, 3.8) is 0 Å². The Bertz CT molecular complexity index is 1450. The lowest BCUT2D eigenvalue weighted by Crippen LogP contribution is -2.52. The molecule has 0 saturated carbocycles. The van der Waals surface area contributed by atoms with Crippen LogP contribution in [0, 0.1) is 17.0 Å². The molecule has 0 aliphatic heterocycles. The number of ketones is 2. The summed E-state index contributed by atoms with van der Waals surface area (Å²) in [6.45, 7) is 9.98. The van der Waals surface area contributed by atoms with Crippen LogP contribution in [0.2, 0.25) is 0 Å². The van der Waals surface area contributed by atoms with Crippen molar-refractivity contribution in [3.8, 4) is 0 Å². The first-order valence-corrected chi connectivity index (χ1v) is 16.9. The normalized spacial score (nSPS) is 13.4. The fourth-order valence-corrected chi connectivity index (χ4v) is 5.10. The zero-order valence-electron chi connectivity index (χ0n) is 29.3. The fourth-order valence-electron chi connectivity index (χ4n) is 5.00. The van der Waals surface area contributed by atoms with Crippen molar-refractivity contribution >= 4 is 46.0 Å². The number of hydrogen-bond donors (Lipinski definition) is 2. The molecule has 2 aromatic carbocycles. The van der Waals surface area contributed by atoms with Gasteiger partial charge in [0.2, 0.25) is 0 Å². The third-order valence-electron chi connectivity index (χ3n) is 7.56. The van der Waals surface area contributed by atoms with Crippen molar-refractivity contribution in [1.82, 2.24) is 10.6 Å². The molecule has 1 unspecified atom stereocenters. The molecule has 0 aliphatic rings. The lowest BCUT2D eigenvalue weighted by Gasteiger charge is -2.29. The van der Waals surface area contributed by atoms with Crippen LogP contribution in [-0.2, 0) is 45.5 Å². The minimum Gasteiger partial charge on any atom is -0.452 e. The molecule has 0 radical (unpaired) electrons. The second-order valence-corrected chi connectivity index (χ2v) is 14.1. The van der Waals surface area contributed by atoms with Gasteiger partial charge in [0, 0.05) is 32.2 Å². The average molecular weight is 770 g/mol. The molecular formula is C36H47BrF2N2O9. The van der Waals surface area contributed by atoms with E-state index >= 15 is 0 Å². The van der Waals surface area contributed by atoms with Crippen LogP contribution in [0.25, 0.3) is 0 Å². The van der Waals surface area contributed by atoms with E-state index in [1.807, 2.05) is 44.2 Å². The number of carbonyl (C=O) groups is 5. The summed E-state index contributed by atoms with van der Waals surface area (Å²) in [7, 11) is 0. The second kappa shape index (κ2) is 20.1. The van der Waals surface area contributed by atoms with Gasteiger partial charge in [-0.3, -0.25) is 14.4 Å². The Balaban J connectivity index is 2.08. The molecule has 2 rings (SSSR count). The molecule has 50 heavy (non-hydrogen) atoms. The maximum absolute atomic E-state index is 14.3. The molecule has 0 spiro atoms. The van der Waals surface area contributed by atoms with Gasteiger partial charge in [0.1, 0.15) is 23.0 Å². The highest BCUT2D eigenvalue weighted by atomic mass is 79.9. The van der Waals surface area contributed by atoms with Gasteiger partial charge in [-0.05, 0) is 74.8 Å². The van der Waals surface area contributed by atoms with Crippen LogP contribution in [0.4, 0.5) is 18.4 Å². The van der Waals surface area contributed by atoms with Gasteiger partial charge in [-0.1, -0.05) is 44.2 Å². The van der Waals surface area contributed by atoms with Gasteiger partial charge in [-0.15, -0.1) is 0 Å². The van der Waals surface area contributed by atoms with Crippen LogP contribution in [0.5, 0.6) is 0 Å². The van der Waals surface area contributed by atoms with Crippen LogP contribution in [0.1, 0.15) is 84.8 Å². The quantitative estimate of drug-likeness (QED) is 0.143. The third kappa shape index (κ3) is 16.7. The lowest BCUT2D eigenvalue weighted by atomic mass is 9.81. The monoisotopic (exact) mass is 768 g/mol. The Morgan fingerprint density at radius 2 is 1.54 bits per heavy atom. The second-order valence-electron chi connectivity index (χ2n) is 13.8. The maximum atomic E-state index is 14.3. The van der Waals surface area contributed by atoms with E-state index in [9.17, 15) is 32.8 Å². The minimum absolute atomic E-state index is 0.0104. The van der Waals surface area contributed by atoms with Gasteiger partial charge in [0.05, 0.1) is 19.3 Å². The Labute approximate surface area is 300 Å². The highest BCUT2D eigenvalue weighted by Crippen LogP contribution is 2.30. The summed E-state index contributed by atoms with van der Waals surface area (Å²) >= 11 is 2.56. The molecule has 3 atom stereocenters. The first-order valence-electron chi connectivity index (χ1n) is 16.2. The molecule has 2 N–H and O–H groups in total. The molecule has 0 saturated heterocycles. The Morgan fingerprint density at radius 1 is 0.880 bits per heavy atom. The number of hydrogen-bond acceptors (Lipinski definition) is 9. The Morgan fingerprint density at radius 3 is 2.16 bits per heavy atom. The van der Waals surface area contributed by atoms with Gasteiger partial charge in [-0.2, -0.15) is 0 Å². The minimum atomic E-state index is -1.38. The van der Waals surface area contributed by atoms with E-state index in [1.54, 1.807) is 20.8 Å². The molecular weight excluding hydrogens is 722 g/mol. The molecule has 0 fully saturated rings. The third-order valence-corrected chi connectivity index (χ3v) is 7.85. The topological polar surface area (TPSA) is 146 Å². The molecule has 276 valence electrons. The molecule has 11 nitrogen and oxygen atoms in total. The molecule has 0 aliphatic carbocycles. The summed E-state index contributed by atoms with van der Waals surface area (Å²) in [5.74, 6) is -2.78. The van der Waals surface area contributed by atoms with E-state index in [0.29, 0.717) is 12.8 Å². The van der Waals surface area contributed by atoms with Crippen molar-refractivity contribution in [1.29, 1.82) is 0 Å². The highest BCUT2D eigenvalue weighted by Gasteiger charge is 2.35. The number of carbonyl (C=O) groups excluding carboxylic acids is 5. The van der Waals surface area contributed by atoms with E-state index in [-0.39, 0.29) is 50.2 Å². The first kappa shape index (κ1) is 42.3. The summed E-state index contributed by atoms with van der Waals surface area (Å²) in [5.41, 5.74) is -0.522. The fraction of sp³-hybridized carbons (Fsp3) is 0.528. The predicted octanol–water partition coefficient (Wildman–Crippen LogP) is 7.07. The number of benzene rings is 2. The Hall–Kier alpha value is -3.91. The number of alkyl carbamates (subject to hydrolysis) is 1. The van der Waals surface area contributed by atoms with Crippen molar-refractivity contribution in [2.75, 3.05) is 6.61 Å². The molecule has 14 heteroatoms. The van der Waals surface area contributed by atoms with Crippen molar-refractivity contribution in [2.24, 2.45) is 5.41 Å². The highest BCUT2D eigenvalue weighted by molar-refractivity contribution is 9.06. The molecule has 0 aromatic heterocycles. The van der Waals surface area contributed by atoms with E-state index in [1.165, 1.54) is 0 Å². The van der Waals surface area contributed by atoms with E-state index < -0.39 is 64.8 Å². The van der Waals surface area contributed by atoms with E-state index in [2.05, 4.69) is 30.7 Å². The van der Waals surface area contributed by atoms with Crippen LogP contribution < -0.4 is 10.6 Å².